The fraction of sp³-hybridized carbons (Fsp3) is 0.316. The highest BCUT2D eigenvalue weighted by molar-refractivity contribution is 7.90. The first kappa shape index (κ1) is 22.5. The summed E-state index contributed by atoms with van der Waals surface area (Å²) in [5.41, 5.74) is -2.31. The first-order valence-corrected chi connectivity index (χ1v) is 10.8. The predicted molar refractivity (Wildman–Crippen MR) is 98.6 cm³/mol. The number of rotatable bonds is 4. The Morgan fingerprint density at radius 2 is 1.53 bits per heavy atom. The number of hydrogen-bond donors (Lipinski definition) is 1. The number of carbonyl (C=O) groups is 1. The van der Waals surface area contributed by atoms with Crippen LogP contribution in [0.25, 0.3) is 11.1 Å². The SMILES string of the molecule is O=C(NS(=O)(=O)c1cc(-c2c(F)cc(F)c(F)c2F)c(F)cc1Cl)C1CCCCC1. The summed E-state index contributed by atoms with van der Waals surface area (Å²) in [7, 11) is -4.64. The fourth-order valence-corrected chi connectivity index (χ4v) is 4.96. The molecule has 0 radical (unpaired) electrons. The molecule has 11 heteroatoms. The smallest absolute Gasteiger partial charge is 0.265 e. The standard InChI is InChI=1S/C19H15ClF5NO3S/c20-11-7-12(21)10(16-13(22)8-14(23)17(24)18(16)25)6-15(11)30(28,29)26-19(27)9-4-2-1-3-5-9/h6-9H,1-5H2,(H,26,27). The molecular weight excluding hydrogens is 453 g/mol. The summed E-state index contributed by atoms with van der Waals surface area (Å²) in [6, 6.07) is 0.921. The molecular formula is C19H15ClF5NO3S. The van der Waals surface area contributed by atoms with Crippen LogP contribution < -0.4 is 4.72 Å². The maximum Gasteiger partial charge on any atom is 0.265 e. The zero-order valence-electron chi connectivity index (χ0n) is 15.2. The Morgan fingerprint density at radius 3 is 2.17 bits per heavy atom. The average molecular weight is 468 g/mol. The highest BCUT2D eigenvalue weighted by Crippen LogP contribution is 2.35. The molecule has 2 aromatic rings. The number of halogens is 6. The Hall–Kier alpha value is -2.20. The second-order valence-electron chi connectivity index (χ2n) is 6.91. The molecule has 0 aliphatic heterocycles. The molecule has 162 valence electrons. The third-order valence-corrected chi connectivity index (χ3v) is 6.72. The van der Waals surface area contributed by atoms with Crippen LogP contribution in [-0.4, -0.2) is 14.3 Å². The van der Waals surface area contributed by atoms with Crippen LogP contribution in [0.1, 0.15) is 32.1 Å². The van der Waals surface area contributed by atoms with E-state index in [0.717, 1.165) is 19.3 Å². The number of amides is 1. The normalized spacial score (nSPS) is 15.3. The minimum Gasteiger partial charge on any atom is -0.274 e. The Balaban J connectivity index is 2.06. The van der Waals surface area contributed by atoms with Gasteiger partial charge in [-0.05, 0) is 25.0 Å². The van der Waals surface area contributed by atoms with Crippen molar-refractivity contribution in [2.24, 2.45) is 5.92 Å². The van der Waals surface area contributed by atoms with Crippen LogP contribution in [0.3, 0.4) is 0 Å². The molecule has 1 fully saturated rings. The van der Waals surface area contributed by atoms with E-state index >= 15 is 0 Å². The van der Waals surface area contributed by atoms with E-state index in [1.165, 1.54) is 0 Å². The van der Waals surface area contributed by atoms with Crippen LogP contribution in [0.4, 0.5) is 22.0 Å². The van der Waals surface area contributed by atoms with Crippen LogP contribution >= 0.6 is 11.6 Å². The summed E-state index contributed by atoms with van der Waals surface area (Å²) < 4.78 is 96.3. The monoisotopic (exact) mass is 467 g/mol. The van der Waals surface area contributed by atoms with Gasteiger partial charge in [0, 0.05) is 17.5 Å². The van der Waals surface area contributed by atoms with Gasteiger partial charge in [0.2, 0.25) is 5.91 Å². The molecule has 0 spiro atoms. The van der Waals surface area contributed by atoms with Gasteiger partial charge in [-0.25, -0.2) is 35.1 Å². The fourth-order valence-electron chi connectivity index (χ4n) is 3.38. The molecule has 1 saturated carbocycles. The third-order valence-electron chi connectivity index (χ3n) is 4.91. The lowest BCUT2D eigenvalue weighted by atomic mass is 9.89. The summed E-state index contributed by atoms with van der Waals surface area (Å²) in [6.07, 6.45) is 3.43. The van der Waals surface area contributed by atoms with Crippen molar-refractivity contribution < 1.29 is 35.2 Å². The lowest BCUT2D eigenvalue weighted by molar-refractivity contribution is -0.124. The van der Waals surface area contributed by atoms with Gasteiger partial charge >= 0.3 is 0 Å². The molecule has 1 aliphatic carbocycles. The maximum atomic E-state index is 14.3. The Kier molecular flexibility index (Phi) is 6.37. The van der Waals surface area contributed by atoms with E-state index in [0.29, 0.717) is 25.0 Å². The summed E-state index contributed by atoms with van der Waals surface area (Å²) in [6.45, 7) is 0. The summed E-state index contributed by atoms with van der Waals surface area (Å²) in [5, 5.41) is -0.663. The van der Waals surface area contributed by atoms with Crippen molar-refractivity contribution in [2.75, 3.05) is 0 Å². The van der Waals surface area contributed by atoms with Crippen molar-refractivity contribution in [3.05, 3.63) is 52.3 Å². The van der Waals surface area contributed by atoms with Crippen LogP contribution in [0.2, 0.25) is 5.02 Å². The molecule has 30 heavy (non-hydrogen) atoms. The minimum atomic E-state index is -4.64. The number of hydrogen-bond acceptors (Lipinski definition) is 3. The van der Waals surface area contributed by atoms with Crippen LogP contribution in [0.5, 0.6) is 0 Å². The number of sulfonamides is 1. The van der Waals surface area contributed by atoms with Crippen LogP contribution in [0.15, 0.2) is 23.1 Å². The Bertz CT molecular complexity index is 1120. The predicted octanol–water partition coefficient (Wildman–Crippen LogP) is 5.09. The third kappa shape index (κ3) is 4.29. The number of nitrogens with one attached hydrogen (secondary N) is 1. The molecule has 1 N–H and O–H groups in total. The molecule has 0 bridgehead atoms. The van der Waals surface area contributed by atoms with Crippen molar-refractivity contribution >= 4 is 27.5 Å². The van der Waals surface area contributed by atoms with Gasteiger partial charge in [0.15, 0.2) is 17.5 Å². The number of carbonyl (C=O) groups excluding carboxylic acids is 1. The van der Waals surface area contributed by atoms with Gasteiger partial charge in [0.25, 0.3) is 10.0 Å². The lowest BCUT2D eigenvalue weighted by Gasteiger charge is -2.21. The van der Waals surface area contributed by atoms with Gasteiger partial charge < -0.3 is 0 Å². The van der Waals surface area contributed by atoms with E-state index in [9.17, 15) is 35.2 Å². The first-order valence-electron chi connectivity index (χ1n) is 8.92. The van der Waals surface area contributed by atoms with Crippen molar-refractivity contribution in [3.63, 3.8) is 0 Å². The summed E-state index contributed by atoms with van der Waals surface area (Å²) >= 11 is 5.79. The maximum absolute atomic E-state index is 14.3. The molecule has 1 amide bonds. The zero-order chi connectivity index (χ0) is 22.2. The second-order valence-corrected chi connectivity index (χ2v) is 8.97. The van der Waals surface area contributed by atoms with Gasteiger partial charge in [-0.15, -0.1) is 0 Å². The van der Waals surface area contributed by atoms with E-state index in [1.807, 2.05) is 4.72 Å². The molecule has 0 heterocycles. The van der Waals surface area contributed by atoms with Gasteiger partial charge in [-0.1, -0.05) is 30.9 Å². The van der Waals surface area contributed by atoms with E-state index in [4.69, 9.17) is 11.6 Å². The highest BCUT2D eigenvalue weighted by atomic mass is 35.5. The second kappa shape index (κ2) is 8.50. The van der Waals surface area contributed by atoms with Crippen molar-refractivity contribution in [2.45, 2.75) is 37.0 Å². The first-order chi connectivity index (χ1) is 14.0. The molecule has 0 unspecified atom stereocenters. The molecule has 4 nitrogen and oxygen atoms in total. The van der Waals surface area contributed by atoms with Gasteiger partial charge in [0.05, 0.1) is 10.6 Å². The largest absolute Gasteiger partial charge is 0.274 e. The molecule has 3 rings (SSSR count). The molecule has 0 aromatic heterocycles. The zero-order valence-corrected chi connectivity index (χ0v) is 16.8. The van der Waals surface area contributed by atoms with Gasteiger partial charge in [-0.2, -0.15) is 0 Å². The average Bonchev–Trinajstić information content (AvgIpc) is 2.68. The quantitative estimate of drug-likeness (QED) is 0.387. The van der Waals surface area contributed by atoms with Crippen LogP contribution in [-0.2, 0) is 14.8 Å². The van der Waals surface area contributed by atoms with Crippen molar-refractivity contribution in [3.8, 4) is 11.1 Å². The summed E-state index contributed by atoms with van der Waals surface area (Å²) in [5.74, 6) is -10.3. The van der Waals surface area contributed by atoms with Gasteiger partial charge in [0.1, 0.15) is 16.5 Å². The van der Waals surface area contributed by atoms with Gasteiger partial charge in [-0.3, -0.25) is 4.79 Å². The van der Waals surface area contributed by atoms with Crippen molar-refractivity contribution in [1.82, 2.24) is 4.72 Å². The van der Waals surface area contributed by atoms with Crippen molar-refractivity contribution in [1.29, 1.82) is 0 Å². The number of benzene rings is 2. The molecule has 0 atom stereocenters. The van der Waals surface area contributed by atoms with E-state index in [1.54, 1.807) is 0 Å². The van der Waals surface area contributed by atoms with E-state index in [2.05, 4.69) is 0 Å². The Labute approximate surface area is 174 Å². The van der Waals surface area contributed by atoms with Crippen LogP contribution in [0, 0.1) is 35.0 Å². The topological polar surface area (TPSA) is 63.2 Å². The highest BCUT2D eigenvalue weighted by Gasteiger charge is 2.30. The molecule has 1 aliphatic rings. The molecule has 0 saturated heterocycles. The molecule has 2 aromatic carbocycles. The minimum absolute atomic E-state index is 0.000812. The Morgan fingerprint density at radius 1 is 0.900 bits per heavy atom. The van der Waals surface area contributed by atoms with E-state index < -0.39 is 72.0 Å². The lowest BCUT2D eigenvalue weighted by Crippen LogP contribution is -2.36. The van der Waals surface area contributed by atoms with E-state index in [-0.39, 0.29) is 6.07 Å². The summed E-state index contributed by atoms with van der Waals surface area (Å²) in [4.78, 5) is 11.5.